The van der Waals surface area contributed by atoms with Crippen LogP contribution in [0.1, 0.15) is 17.8 Å². The number of rotatable bonds is 2. The topological polar surface area (TPSA) is 38.9 Å². The van der Waals surface area contributed by atoms with Gasteiger partial charge >= 0.3 is 0 Å². The Morgan fingerprint density at radius 3 is 2.67 bits per heavy atom. The fourth-order valence-electron chi connectivity index (χ4n) is 0.777. The van der Waals surface area contributed by atoms with E-state index < -0.39 is 6.43 Å². The lowest BCUT2D eigenvalue weighted by atomic mass is 10.3. The molecule has 0 aliphatic rings. The van der Waals surface area contributed by atoms with Crippen molar-refractivity contribution in [3.8, 4) is 0 Å². The van der Waals surface area contributed by atoms with Crippen molar-refractivity contribution in [3.63, 3.8) is 0 Å². The number of nitrogen functional groups attached to an aromatic ring is 1. The van der Waals surface area contributed by atoms with E-state index in [-0.39, 0.29) is 11.4 Å². The Kier molecular flexibility index (Phi) is 2.97. The van der Waals surface area contributed by atoms with E-state index in [1.54, 1.807) is 6.07 Å². The molecule has 1 aromatic rings. The number of hydrogen-bond donors (Lipinski definition) is 1. The molecule has 0 bridgehead atoms. The Morgan fingerprint density at radius 1 is 1.50 bits per heavy atom. The van der Waals surface area contributed by atoms with Crippen molar-refractivity contribution in [2.75, 3.05) is 5.73 Å². The Bertz CT molecular complexity index is 278. The molecule has 1 heterocycles. The molecule has 0 amide bonds. The summed E-state index contributed by atoms with van der Waals surface area (Å²) in [4.78, 5) is 3.67. The Hall–Kier alpha value is -0.710. The third kappa shape index (κ3) is 1.91. The number of pyridine rings is 1. The number of nitrogens with zero attached hydrogens (tertiary/aromatic N) is 1. The number of anilines is 1. The highest BCUT2D eigenvalue weighted by Gasteiger charge is 2.12. The summed E-state index contributed by atoms with van der Waals surface area (Å²) in [5.41, 5.74) is 5.54. The summed E-state index contributed by atoms with van der Waals surface area (Å²) < 4.78 is 24.4. The first-order chi connectivity index (χ1) is 5.65. The molecule has 2 nitrogen and oxygen atoms in total. The van der Waals surface area contributed by atoms with Crippen LogP contribution < -0.4 is 5.73 Å². The molecule has 0 spiro atoms. The summed E-state index contributed by atoms with van der Waals surface area (Å²) in [5.74, 6) is 0. The van der Waals surface area contributed by atoms with E-state index >= 15 is 0 Å². The highest BCUT2D eigenvalue weighted by atomic mass is 79.9. The molecule has 0 radical (unpaired) electrons. The van der Waals surface area contributed by atoms with Crippen LogP contribution in [0.4, 0.5) is 14.5 Å². The van der Waals surface area contributed by atoms with Gasteiger partial charge in [-0.2, -0.15) is 0 Å². The maximum atomic E-state index is 12.2. The largest absolute Gasteiger partial charge is 0.397 e. The average molecular weight is 237 g/mol. The van der Waals surface area contributed by atoms with Gasteiger partial charge in [0.15, 0.2) is 0 Å². The molecule has 0 atom stereocenters. The molecule has 2 N–H and O–H groups in total. The average Bonchev–Trinajstić information content (AvgIpc) is 2.05. The van der Waals surface area contributed by atoms with Crippen LogP contribution in [0, 0.1) is 0 Å². The van der Waals surface area contributed by atoms with Crippen molar-refractivity contribution in [3.05, 3.63) is 23.5 Å². The summed E-state index contributed by atoms with van der Waals surface area (Å²) >= 11 is 3.12. The van der Waals surface area contributed by atoms with E-state index in [9.17, 15) is 8.78 Å². The van der Waals surface area contributed by atoms with Gasteiger partial charge in [-0.15, -0.1) is 0 Å². The molecule has 0 fully saturated rings. The molecule has 12 heavy (non-hydrogen) atoms. The zero-order valence-electron chi connectivity index (χ0n) is 6.10. The first-order valence-electron chi connectivity index (χ1n) is 3.24. The normalized spacial score (nSPS) is 10.7. The lowest BCUT2D eigenvalue weighted by Crippen LogP contribution is -2.00. The van der Waals surface area contributed by atoms with Gasteiger partial charge in [0.05, 0.1) is 11.4 Å². The minimum absolute atomic E-state index is 0.0368. The molecule has 5 heteroatoms. The zero-order chi connectivity index (χ0) is 9.14. The second-order valence-corrected chi connectivity index (χ2v) is 2.77. The molecule has 1 aromatic heterocycles. The fourth-order valence-corrected chi connectivity index (χ4v) is 1.09. The van der Waals surface area contributed by atoms with Gasteiger partial charge in [-0.1, -0.05) is 15.9 Å². The maximum Gasteiger partial charge on any atom is 0.282 e. The van der Waals surface area contributed by atoms with Gasteiger partial charge in [0, 0.05) is 5.33 Å². The molecule has 0 aliphatic carbocycles. The number of hydrogen-bond acceptors (Lipinski definition) is 2. The van der Waals surface area contributed by atoms with Crippen LogP contribution in [0.15, 0.2) is 12.1 Å². The minimum atomic E-state index is -2.61. The highest BCUT2D eigenvalue weighted by molar-refractivity contribution is 9.08. The van der Waals surface area contributed by atoms with Crippen LogP contribution in [-0.2, 0) is 5.33 Å². The highest BCUT2D eigenvalue weighted by Crippen LogP contribution is 2.23. The maximum absolute atomic E-state index is 12.2. The summed E-state index contributed by atoms with van der Waals surface area (Å²) in [6.07, 6.45) is -2.61. The SMILES string of the molecule is Nc1ccc(CBr)nc1C(F)F. The van der Waals surface area contributed by atoms with Crippen molar-refractivity contribution < 1.29 is 8.78 Å². The quantitative estimate of drug-likeness (QED) is 0.802. The van der Waals surface area contributed by atoms with E-state index in [1.807, 2.05) is 0 Å². The van der Waals surface area contributed by atoms with E-state index in [0.717, 1.165) is 0 Å². The van der Waals surface area contributed by atoms with Crippen molar-refractivity contribution in [2.24, 2.45) is 0 Å². The second kappa shape index (κ2) is 3.80. The molecular formula is C7H7BrF2N2. The van der Waals surface area contributed by atoms with Crippen LogP contribution in [-0.4, -0.2) is 4.98 Å². The zero-order valence-corrected chi connectivity index (χ0v) is 7.68. The summed E-state index contributed by atoms with van der Waals surface area (Å²) in [5, 5.41) is 0.451. The first kappa shape index (κ1) is 9.38. The predicted octanol–water partition coefficient (Wildman–Crippen LogP) is 2.50. The summed E-state index contributed by atoms with van der Waals surface area (Å²) in [6, 6.07) is 3.04. The monoisotopic (exact) mass is 236 g/mol. The first-order valence-corrected chi connectivity index (χ1v) is 4.36. The van der Waals surface area contributed by atoms with Gasteiger partial charge < -0.3 is 5.73 Å². The van der Waals surface area contributed by atoms with Crippen molar-refractivity contribution in [2.45, 2.75) is 11.8 Å². The second-order valence-electron chi connectivity index (χ2n) is 2.21. The van der Waals surface area contributed by atoms with Crippen molar-refractivity contribution >= 4 is 21.6 Å². The smallest absolute Gasteiger partial charge is 0.282 e. The molecule has 0 saturated carbocycles. The minimum Gasteiger partial charge on any atom is -0.397 e. The molecular weight excluding hydrogens is 230 g/mol. The lowest BCUT2D eigenvalue weighted by Gasteiger charge is -2.04. The standard InChI is InChI=1S/C7H7BrF2N2/c8-3-4-1-2-5(11)6(12-4)7(9)10/h1-2,7H,3,11H2. The number of aromatic nitrogens is 1. The molecule has 0 aromatic carbocycles. The van der Waals surface area contributed by atoms with Crippen molar-refractivity contribution in [1.82, 2.24) is 4.98 Å². The van der Waals surface area contributed by atoms with Gasteiger partial charge in [-0.3, -0.25) is 0 Å². The molecule has 0 saturated heterocycles. The van der Waals surface area contributed by atoms with Crippen LogP contribution >= 0.6 is 15.9 Å². The van der Waals surface area contributed by atoms with Gasteiger partial charge in [-0.05, 0) is 12.1 Å². The molecule has 0 unspecified atom stereocenters. The van der Waals surface area contributed by atoms with E-state index in [1.165, 1.54) is 6.07 Å². The van der Waals surface area contributed by atoms with Crippen molar-refractivity contribution in [1.29, 1.82) is 0 Å². The van der Waals surface area contributed by atoms with Crippen LogP contribution in [0.3, 0.4) is 0 Å². The molecule has 0 aliphatic heterocycles. The third-order valence-corrected chi connectivity index (χ3v) is 1.93. The van der Waals surface area contributed by atoms with E-state index in [2.05, 4.69) is 20.9 Å². The van der Waals surface area contributed by atoms with Crippen LogP contribution in [0.5, 0.6) is 0 Å². The third-order valence-electron chi connectivity index (χ3n) is 1.36. The Labute approximate surface area is 76.9 Å². The molecule has 1 rings (SSSR count). The van der Waals surface area contributed by atoms with E-state index in [0.29, 0.717) is 11.0 Å². The number of nitrogens with two attached hydrogens (primary N) is 1. The van der Waals surface area contributed by atoms with E-state index in [4.69, 9.17) is 5.73 Å². The number of halogens is 3. The lowest BCUT2D eigenvalue weighted by molar-refractivity contribution is 0.147. The van der Waals surface area contributed by atoms with Crippen LogP contribution in [0.25, 0.3) is 0 Å². The predicted molar refractivity (Wildman–Crippen MR) is 46.2 cm³/mol. The Morgan fingerprint density at radius 2 is 2.17 bits per heavy atom. The van der Waals surface area contributed by atoms with Crippen LogP contribution in [0.2, 0.25) is 0 Å². The molecule has 66 valence electrons. The summed E-state index contributed by atoms with van der Waals surface area (Å²) in [7, 11) is 0. The fraction of sp³-hybridized carbons (Fsp3) is 0.286. The Balaban J connectivity index is 3.08. The number of alkyl halides is 3. The summed E-state index contributed by atoms with van der Waals surface area (Å²) in [6.45, 7) is 0. The van der Waals surface area contributed by atoms with Gasteiger partial charge in [-0.25, -0.2) is 13.8 Å². The van der Waals surface area contributed by atoms with Gasteiger partial charge in [0.2, 0.25) is 0 Å². The van der Waals surface area contributed by atoms with Gasteiger partial charge in [0.1, 0.15) is 5.69 Å². The van der Waals surface area contributed by atoms with Gasteiger partial charge in [0.25, 0.3) is 6.43 Å².